The average molecular weight is 282 g/mol. The summed E-state index contributed by atoms with van der Waals surface area (Å²) in [4.78, 5) is 0. The molecule has 86 valence electrons. The van der Waals surface area contributed by atoms with Gasteiger partial charge in [-0.1, -0.05) is 12.1 Å². The van der Waals surface area contributed by atoms with Crippen LogP contribution >= 0.6 is 15.9 Å². The molecule has 0 saturated carbocycles. The SMILES string of the molecule is COc1cccc2c(C)c(Br)n(C(C)C)c12. The lowest BCUT2D eigenvalue weighted by Gasteiger charge is -2.13. The maximum Gasteiger partial charge on any atom is 0.143 e. The van der Waals surface area contributed by atoms with Crippen LogP contribution in [0.2, 0.25) is 0 Å². The minimum absolute atomic E-state index is 0.405. The van der Waals surface area contributed by atoms with Gasteiger partial charge < -0.3 is 9.30 Å². The van der Waals surface area contributed by atoms with Gasteiger partial charge in [-0.25, -0.2) is 0 Å². The molecule has 1 aromatic carbocycles. The number of aromatic nitrogens is 1. The summed E-state index contributed by atoms with van der Waals surface area (Å²) in [7, 11) is 1.72. The van der Waals surface area contributed by atoms with Crippen molar-refractivity contribution < 1.29 is 4.74 Å². The summed E-state index contributed by atoms with van der Waals surface area (Å²) in [6, 6.07) is 6.58. The maximum absolute atomic E-state index is 5.44. The van der Waals surface area contributed by atoms with Gasteiger partial charge in [-0.05, 0) is 48.3 Å². The van der Waals surface area contributed by atoms with Crippen LogP contribution in [0, 0.1) is 6.92 Å². The molecule has 0 amide bonds. The number of hydrogen-bond acceptors (Lipinski definition) is 1. The number of fused-ring (bicyclic) bond motifs is 1. The molecule has 0 aliphatic rings. The zero-order valence-electron chi connectivity index (χ0n) is 10.0. The van der Waals surface area contributed by atoms with E-state index in [1.807, 2.05) is 12.1 Å². The quantitative estimate of drug-likeness (QED) is 0.801. The molecule has 0 aliphatic heterocycles. The molecule has 1 heterocycles. The van der Waals surface area contributed by atoms with Gasteiger partial charge in [-0.2, -0.15) is 0 Å². The average Bonchev–Trinajstić information content (AvgIpc) is 2.52. The Hall–Kier alpha value is -0.960. The van der Waals surface area contributed by atoms with Gasteiger partial charge in [0.2, 0.25) is 0 Å². The zero-order valence-corrected chi connectivity index (χ0v) is 11.6. The van der Waals surface area contributed by atoms with Crippen LogP contribution in [0.3, 0.4) is 0 Å². The molecule has 1 aromatic heterocycles. The van der Waals surface area contributed by atoms with Crippen molar-refractivity contribution in [1.29, 1.82) is 0 Å². The monoisotopic (exact) mass is 281 g/mol. The molecule has 0 spiro atoms. The Bertz CT molecular complexity index is 528. The maximum atomic E-state index is 5.44. The molecule has 0 fully saturated rings. The van der Waals surface area contributed by atoms with Crippen molar-refractivity contribution in [3.05, 3.63) is 28.4 Å². The summed E-state index contributed by atoms with van der Waals surface area (Å²) in [6.45, 7) is 6.48. The highest BCUT2D eigenvalue weighted by molar-refractivity contribution is 9.10. The number of para-hydroxylation sites is 1. The number of hydrogen-bond donors (Lipinski definition) is 0. The number of rotatable bonds is 2. The number of aryl methyl sites for hydroxylation is 1. The predicted octanol–water partition coefficient (Wildman–Crippen LogP) is 4.30. The van der Waals surface area contributed by atoms with E-state index >= 15 is 0 Å². The third-order valence-electron chi connectivity index (χ3n) is 2.90. The highest BCUT2D eigenvalue weighted by Crippen LogP contribution is 2.37. The van der Waals surface area contributed by atoms with Gasteiger partial charge in [0.25, 0.3) is 0 Å². The molecule has 0 aliphatic carbocycles. The van der Waals surface area contributed by atoms with Crippen LogP contribution in [0.4, 0.5) is 0 Å². The summed E-state index contributed by atoms with van der Waals surface area (Å²) in [6.07, 6.45) is 0. The standard InChI is InChI=1S/C13H16BrNO/c1-8(2)15-12-10(9(3)13(15)14)6-5-7-11(12)16-4/h5-8H,1-4H3. The predicted molar refractivity (Wildman–Crippen MR) is 71.3 cm³/mol. The van der Waals surface area contributed by atoms with Crippen LogP contribution in [0.5, 0.6) is 5.75 Å². The molecule has 2 aromatic rings. The number of nitrogens with zero attached hydrogens (tertiary/aromatic N) is 1. The summed E-state index contributed by atoms with van der Waals surface area (Å²) in [5, 5.41) is 1.25. The number of ether oxygens (including phenoxy) is 1. The Kier molecular flexibility index (Phi) is 2.98. The second kappa shape index (κ2) is 4.13. The normalized spacial score (nSPS) is 11.4. The van der Waals surface area contributed by atoms with Gasteiger partial charge in [-0.15, -0.1) is 0 Å². The van der Waals surface area contributed by atoms with Crippen molar-refractivity contribution in [2.45, 2.75) is 26.8 Å². The zero-order chi connectivity index (χ0) is 11.9. The van der Waals surface area contributed by atoms with Gasteiger partial charge in [0, 0.05) is 11.4 Å². The third-order valence-corrected chi connectivity index (χ3v) is 3.88. The van der Waals surface area contributed by atoms with Gasteiger partial charge in [0.05, 0.1) is 17.2 Å². The van der Waals surface area contributed by atoms with Crippen LogP contribution in [-0.4, -0.2) is 11.7 Å². The summed E-state index contributed by atoms with van der Waals surface area (Å²) >= 11 is 3.66. The van der Waals surface area contributed by atoms with E-state index in [1.54, 1.807) is 7.11 Å². The van der Waals surface area contributed by atoms with E-state index < -0.39 is 0 Å². The Labute approximate surface area is 104 Å². The topological polar surface area (TPSA) is 14.2 Å². The molecular weight excluding hydrogens is 266 g/mol. The van der Waals surface area contributed by atoms with Gasteiger partial charge >= 0.3 is 0 Å². The van der Waals surface area contributed by atoms with Crippen LogP contribution in [0.15, 0.2) is 22.8 Å². The Morgan fingerprint density at radius 3 is 2.56 bits per heavy atom. The van der Waals surface area contributed by atoms with Gasteiger partial charge in [0.15, 0.2) is 0 Å². The van der Waals surface area contributed by atoms with E-state index in [0.717, 1.165) is 10.4 Å². The van der Waals surface area contributed by atoms with Crippen LogP contribution in [0.25, 0.3) is 10.9 Å². The van der Waals surface area contributed by atoms with E-state index in [9.17, 15) is 0 Å². The lowest BCUT2D eigenvalue weighted by atomic mass is 10.2. The largest absolute Gasteiger partial charge is 0.495 e. The molecule has 0 radical (unpaired) electrons. The van der Waals surface area contributed by atoms with Crippen LogP contribution < -0.4 is 4.74 Å². The second-order valence-electron chi connectivity index (χ2n) is 4.24. The smallest absolute Gasteiger partial charge is 0.143 e. The van der Waals surface area contributed by atoms with Crippen molar-refractivity contribution in [3.63, 3.8) is 0 Å². The third kappa shape index (κ3) is 1.54. The highest BCUT2D eigenvalue weighted by atomic mass is 79.9. The first-order valence-electron chi connectivity index (χ1n) is 5.41. The fourth-order valence-electron chi connectivity index (χ4n) is 2.11. The summed E-state index contributed by atoms with van der Waals surface area (Å²) in [5.74, 6) is 0.931. The molecule has 2 rings (SSSR count). The first-order chi connectivity index (χ1) is 7.57. The minimum atomic E-state index is 0.405. The van der Waals surface area contributed by atoms with E-state index in [4.69, 9.17) is 4.74 Å². The Balaban J connectivity index is 2.92. The summed E-state index contributed by atoms with van der Waals surface area (Å²) < 4.78 is 8.85. The molecule has 16 heavy (non-hydrogen) atoms. The fraction of sp³-hybridized carbons (Fsp3) is 0.385. The lowest BCUT2D eigenvalue weighted by Crippen LogP contribution is -2.01. The van der Waals surface area contributed by atoms with Crippen molar-refractivity contribution in [2.75, 3.05) is 7.11 Å². The molecule has 0 atom stereocenters. The first kappa shape index (κ1) is 11.5. The van der Waals surface area contributed by atoms with Crippen molar-refractivity contribution in [2.24, 2.45) is 0 Å². The summed E-state index contributed by atoms with van der Waals surface area (Å²) in [5.41, 5.74) is 2.44. The molecule has 2 nitrogen and oxygen atoms in total. The van der Waals surface area contributed by atoms with Crippen molar-refractivity contribution in [3.8, 4) is 5.75 Å². The molecule has 0 N–H and O–H groups in total. The van der Waals surface area contributed by atoms with Gasteiger partial charge in [0.1, 0.15) is 5.75 Å². The van der Waals surface area contributed by atoms with E-state index in [-0.39, 0.29) is 0 Å². The van der Waals surface area contributed by atoms with Crippen molar-refractivity contribution >= 4 is 26.8 Å². The second-order valence-corrected chi connectivity index (χ2v) is 4.99. The van der Waals surface area contributed by atoms with Crippen LogP contribution in [-0.2, 0) is 0 Å². The fourth-order valence-corrected chi connectivity index (χ4v) is 2.91. The number of methoxy groups -OCH3 is 1. The van der Waals surface area contributed by atoms with Crippen LogP contribution in [0.1, 0.15) is 25.5 Å². The minimum Gasteiger partial charge on any atom is -0.495 e. The van der Waals surface area contributed by atoms with Gasteiger partial charge in [-0.3, -0.25) is 0 Å². The van der Waals surface area contributed by atoms with E-state index in [2.05, 4.69) is 47.3 Å². The Morgan fingerprint density at radius 1 is 1.31 bits per heavy atom. The highest BCUT2D eigenvalue weighted by Gasteiger charge is 2.17. The molecule has 0 bridgehead atoms. The van der Waals surface area contributed by atoms with E-state index in [0.29, 0.717) is 6.04 Å². The molecular formula is C13H16BrNO. The van der Waals surface area contributed by atoms with E-state index in [1.165, 1.54) is 16.5 Å². The first-order valence-corrected chi connectivity index (χ1v) is 6.20. The molecule has 0 unspecified atom stereocenters. The van der Waals surface area contributed by atoms with Crippen molar-refractivity contribution in [1.82, 2.24) is 4.57 Å². The molecule has 3 heteroatoms. The lowest BCUT2D eigenvalue weighted by molar-refractivity contribution is 0.416. The number of halogens is 1. The molecule has 0 saturated heterocycles. The number of benzene rings is 1. The Morgan fingerprint density at radius 2 is 2.00 bits per heavy atom.